The first kappa shape index (κ1) is 28.5. The summed E-state index contributed by atoms with van der Waals surface area (Å²) in [6.45, 7) is 13.5. The average molecular weight is 609 g/mol. The summed E-state index contributed by atoms with van der Waals surface area (Å²) >= 11 is 1.75. The lowest BCUT2D eigenvalue weighted by Gasteiger charge is -2.57. The minimum absolute atomic E-state index is 0.212. The van der Waals surface area contributed by atoms with Crippen LogP contribution < -0.4 is 0 Å². The van der Waals surface area contributed by atoms with Crippen LogP contribution in [-0.4, -0.2) is 55.1 Å². The number of thiophene rings is 1. The van der Waals surface area contributed by atoms with Crippen molar-refractivity contribution in [3.63, 3.8) is 0 Å². The number of rotatable bonds is 3. The predicted molar refractivity (Wildman–Crippen MR) is 168 cm³/mol. The number of amides is 1. The second-order valence-corrected chi connectivity index (χ2v) is 14.5. The van der Waals surface area contributed by atoms with Crippen LogP contribution in [0.2, 0.25) is 0 Å². The summed E-state index contributed by atoms with van der Waals surface area (Å²) in [7, 11) is 0. The van der Waals surface area contributed by atoms with Gasteiger partial charge in [-0.15, -0.1) is 21.5 Å². The zero-order valence-electron chi connectivity index (χ0n) is 26.0. The van der Waals surface area contributed by atoms with E-state index < -0.39 is 5.60 Å². The van der Waals surface area contributed by atoms with Gasteiger partial charge in [0.1, 0.15) is 28.7 Å². The van der Waals surface area contributed by atoms with Crippen molar-refractivity contribution >= 4 is 23.1 Å². The molecule has 7 rings (SSSR count). The number of oxazole rings is 1. The highest BCUT2D eigenvalue weighted by Crippen LogP contribution is 2.52. The van der Waals surface area contributed by atoms with Crippen LogP contribution in [0.25, 0.3) is 5.00 Å². The number of hydrogen-bond donors (Lipinski definition) is 0. The molecule has 9 nitrogen and oxygen atoms in total. The molecular formula is C34H36N6O3S. The van der Waals surface area contributed by atoms with Crippen LogP contribution >= 0.6 is 11.3 Å². The lowest BCUT2D eigenvalue weighted by atomic mass is 9.58. The summed E-state index contributed by atoms with van der Waals surface area (Å²) in [4.78, 5) is 25.0. The molecule has 10 heteroatoms. The Labute approximate surface area is 261 Å². The van der Waals surface area contributed by atoms with E-state index >= 15 is 0 Å². The number of hydrogen-bond acceptors (Lipinski definition) is 8. The molecule has 0 N–H and O–H groups in total. The molecule has 4 aromatic rings. The van der Waals surface area contributed by atoms with E-state index in [0.29, 0.717) is 18.2 Å². The van der Waals surface area contributed by atoms with E-state index in [4.69, 9.17) is 14.1 Å². The van der Waals surface area contributed by atoms with Gasteiger partial charge in [0.05, 0.1) is 18.3 Å². The van der Waals surface area contributed by atoms with Crippen LogP contribution in [0.5, 0.6) is 0 Å². The molecule has 1 aromatic carbocycles. The average Bonchev–Trinajstić information content (AvgIpc) is 3.62. The van der Waals surface area contributed by atoms with Gasteiger partial charge in [0.25, 0.3) is 0 Å². The second kappa shape index (κ2) is 10.4. The number of benzene rings is 1. The van der Waals surface area contributed by atoms with Crippen molar-refractivity contribution in [1.82, 2.24) is 24.6 Å². The molecule has 2 aliphatic heterocycles. The molecule has 1 spiro atoms. The normalized spacial score (nSPS) is 18.7. The van der Waals surface area contributed by atoms with Gasteiger partial charge in [-0.3, -0.25) is 9.56 Å². The Bertz CT molecular complexity index is 1820. The molecule has 44 heavy (non-hydrogen) atoms. The van der Waals surface area contributed by atoms with E-state index in [0.717, 1.165) is 65.0 Å². The van der Waals surface area contributed by atoms with Gasteiger partial charge >= 0.3 is 6.09 Å². The topological polar surface area (TPSA) is 98.6 Å². The van der Waals surface area contributed by atoms with Crippen LogP contribution in [-0.2, 0) is 11.2 Å². The minimum atomic E-state index is -0.464. The number of ether oxygens (including phenoxy) is 1. The molecule has 0 bridgehead atoms. The van der Waals surface area contributed by atoms with Crippen LogP contribution in [0.4, 0.5) is 4.79 Å². The molecule has 1 amide bonds. The minimum Gasteiger partial charge on any atom is -0.449 e. The Morgan fingerprint density at radius 2 is 1.89 bits per heavy atom. The molecule has 1 saturated heterocycles. The summed E-state index contributed by atoms with van der Waals surface area (Å²) in [5.41, 5.74) is 5.03. The molecule has 1 saturated carbocycles. The Morgan fingerprint density at radius 3 is 2.57 bits per heavy atom. The van der Waals surface area contributed by atoms with E-state index in [1.54, 1.807) is 23.8 Å². The molecule has 1 atom stereocenters. The number of aliphatic imine (C=N–C) groups is 1. The van der Waals surface area contributed by atoms with Crippen molar-refractivity contribution in [1.29, 1.82) is 0 Å². The number of carbonyl (C=O) groups is 1. The lowest BCUT2D eigenvalue weighted by molar-refractivity contribution is -0.0832. The van der Waals surface area contributed by atoms with Crippen molar-refractivity contribution in [2.24, 2.45) is 16.3 Å². The Kier molecular flexibility index (Phi) is 6.77. The van der Waals surface area contributed by atoms with Crippen molar-refractivity contribution in [2.45, 2.75) is 72.4 Å². The van der Waals surface area contributed by atoms with Gasteiger partial charge < -0.3 is 14.1 Å². The molecule has 2 fully saturated rings. The molecular weight excluding hydrogens is 572 g/mol. The SMILES string of the molecule is Cc1sc2c(c1C)C(c1ccc(C#CC3CC4(C3)CN(C(=O)OC(C)(C)C)C4)cc1)=N[C@@H](Cc1ncco1)c1nnc(C)n1-2. The van der Waals surface area contributed by atoms with Gasteiger partial charge in [-0.25, -0.2) is 9.78 Å². The summed E-state index contributed by atoms with van der Waals surface area (Å²) in [5.74, 6) is 9.47. The maximum absolute atomic E-state index is 12.3. The molecule has 3 aromatic heterocycles. The number of carbonyl (C=O) groups excluding carboxylic acids is 1. The summed E-state index contributed by atoms with van der Waals surface area (Å²) in [6, 6.07) is 8.11. The highest BCUT2D eigenvalue weighted by Gasteiger charge is 2.54. The number of aromatic nitrogens is 4. The van der Waals surface area contributed by atoms with Crippen LogP contribution in [0.1, 0.15) is 84.3 Å². The van der Waals surface area contributed by atoms with Crippen LogP contribution in [0, 0.1) is 43.9 Å². The summed E-state index contributed by atoms with van der Waals surface area (Å²) in [6.07, 6.45) is 5.59. The largest absolute Gasteiger partial charge is 0.449 e. The third-order valence-corrected chi connectivity index (χ3v) is 9.93. The standard InChI is InChI=1S/C34H36N6O3S/c1-20-21(2)44-31-28(20)29(36-26(15-27-35-13-14-42-27)30-38-37-22(3)40(30)31)25-11-9-23(10-12-25)7-8-24-16-34(17-24)18-39(19-34)32(41)43-33(4,5)6/h9-14,24,26H,15-19H2,1-6H3/t26-/m0/s1. The van der Waals surface area contributed by atoms with Crippen molar-refractivity contribution in [3.8, 4) is 16.8 Å². The maximum atomic E-state index is 12.3. The zero-order chi connectivity index (χ0) is 30.8. The highest BCUT2D eigenvalue weighted by atomic mass is 32.1. The first-order chi connectivity index (χ1) is 21.0. The first-order valence-electron chi connectivity index (χ1n) is 15.1. The van der Waals surface area contributed by atoms with Gasteiger partial charge in [-0.2, -0.15) is 0 Å². The first-order valence-corrected chi connectivity index (χ1v) is 15.9. The fourth-order valence-electron chi connectivity index (χ4n) is 6.51. The monoisotopic (exact) mass is 608 g/mol. The quantitative estimate of drug-likeness (QED) is 0.251. The Hall–Kier alpha value is -4.23. The molecule has 3 aliphatic rings. The maximum Gasteiger partial charge on any atom is 0.410 e. The van der Waals surface area contributed by atoms with Crippen molar-refractivity contribution < 1.29 is 13.9 Å². The Balaban J connectivity index is 1.10. The zero-order valence-corrected chi connectivity index (χ0v) is 26.8. The summed E-state index contributed by atoms with van der Waals surface area (Å²) in [5, 5.41) is 10.1. The van der Waals surface area contributed by atoms with Gasteiger partial charge in [0, 0.05) is 46.0 Å². The van der Waals surface area contributed by atoms with Gasteiger partial charge in [0.15, 0.2) is 11.7 Å². The summed E-state index contributed by atoms with van der Waals surface area (Å²) < 4.78 is 13.3. The third-order valence-electron chi connectivity index (χ3n) is 8.73. The van der Waals surface area contributed by atoms with Gasteiger partial charge in [-0.05, 0) is 72.1 Å². The fourth-order valence-corrected chi connectivity index (χ4v) is 7.72. The number of nitrogens with zero attached hydrogens (tertiary/aromatic N) is 6. The highest BCUT2D eigenvalue weighted by molar-refractivity contribution is 7.15. The van der Waals surface area contributed by atoms with Gasteiger partial charge in [0.2, 0.25) is 0 Å². The molecule has 1 aliphatic carbocycles. The van der Waals surface area contributed by atoms with E-state index in [1.807, 2.05) is 32.6 Å². The number of aryl methyl sites for hydroxylation is 2. The number of likely N-dealkylation sites (tertiary alicyclic amines) is 1. The van der Waals surface area contributed by atoms with Crippen LogP contribution in [0.3, 0.4) is 0 Å². The van der Waals surface area contributed by atoms with E-state index in [2.05, 4.69) is 69.7 Å². The molecule has 5 heterocycles. The van der Waals surface area contributed by atoms with E-state index in [-0.39, 0.29) is 17.6 Å². The third kappa shape index (κ3) is 5.13. The van der Waals surface area contributed by atoms with Crippen LogP contribution in [0.15, 0.2) is 46.1 Å². The molecule has 0 unspecified atom stereocenters. The number of fused-ring (bicyclic) bond motifs is 3. The van der Waals surface area contributed by atoms with Crippen molar-refractivity contribution in [3.05, 3.63) is 81.4 Å². The Morgan fingerprint density at radius 1 is 1.14 bits per heavy atom. The van der Waals surface area contributed by atoms with Gasteiger partial charge in [-0.1, -0.05) is 24.0 Å². The smallest absolute Gasteiger partial charge is 0.410 e. The molecule has 226 valence electrons. The lowest BCUT2D eigenvalue weighted by Crippen LogP contribution is -2.64. The van der Waals surface area contributed by atoms with E-state index in [1.165, 1.54) is 10.4 Å². The fraction of sp³-hybridized carbons (Fsp3) is 0.441. The molecule has 0 radical (unpaired) electrons. The van der Waals surface area contributed by atoms with E-state index in [9.17, 15) is 4.79 Å². The second-order valence-electron chi connectivity index (χ2n) is 13.3. The predicted octanol–water partition coefficient (Wildman–Crippen LogP) is 6.38. The van der Waals surface area contributed by atoms with Crippen molar-refractivity contribution in [2.75, 3.05) is 13.1 Å².